The van der Waals surface area contributed by atoms with E-state index in [-0.39, 0.29) is 5.82 Å². The van der Waals surface area contributed by atoms with Gasteiger partial charge in [0, 0.05) is 4.88 Å². The maximum absolute atomic E-state index is 14.2. The summed E-state index contributed by atoms with van der Waals surface area (Å²) in [7, 11) is 0. The second kappa shape index (κ2) is 7.09. The Morgan fingerprint density at radius 3 is 2.79 bits per heavy atom. The number of nitrogens with zero attached hydrogens (tertiary/aromatic N) is 8. The van der Waals surface area contributed by atoms with Gasteiger partial charge in [-0.2, -0.15) is 9.61 Å². The molecule has 0 aliphatic heterocycles. The topological polar surface area (TPSA) is 86.7 Å². The van der Waals surface area contributed by atoms with E-state index in [9.17, 15) is 4.39 Å². The zero-order chi connectivity index (χ0) is 18.9. The highest BCUT2D eigenvalue weighted by molar-refractivity contribution is 7.99. The average Bonchev–Trinajstić information content (AvgIpc) is 3.45. The van der Waals surface area contributed by atoms with Crippen molar-refractivity contribution in [3.8, 4) is 11.4 Å². The molecule has 0 radical (unpaired) electrons. The molecular formula is C17H11FN8S2. The minimum atomic E-state index is -0.378. The fourth-order valence-electron chi connectivity index (χ4n) is 2.65. The van der Waals surface area contributed by atoms with Gasteiger partial charge in [0.15, 0.2) is 11.5 Å². The Morgan fingerprint density at radius 1 is 1.00 bits per heavy atom. The second-order valence-corrected chi connectivity index (χ2v) is 7.77. The van der Waals surface area contributed by atoms with E-state index in [2.05, 4.69) is 30.8 Å². The highest BCUT2D eigenvalue weighted by Crippen LogP contribution is 2.26. The number of hydrogen-bond donors (Lipinski definition) is 0. The summed E-state index contributed by atoms with van der Waals surface area (Å²) >= 11 is 2.96. The molecular weight excluding hydrogens is 399 g/mol. The molecule has 0 unspecified atom stereocenters. The van der Waals surface area contributed by atoms with Crippen LogP contribution in [0.15, 0.2) is 64.1 Å². The van der Waals surface area contributed by atoms with Crippen molar-refractivity contribution in [3.63, 3.8) is 0 Å². The molecule has 4 heterocycles. The molecule has 11 heteroatoms. The smallest absolute Gasteiger partial charge is 0.215 e. The highest BCUT2D eigenvalue weighted by atomic mass is 32.2. The number of tetrazole rings is 1. The number of benzene rings is 1. The number of halogens is 1. The molecule has 0 saturated carbocycles. The summed E-state index contributed by atoms with van der Waals surface area (Å²) in [5.74, 6) is -0.0368. The zero-order valence-corrected chi connectivity index (χ0v) is 15.8. The summed E-state index contributed by atoms with van der Waals surface area (Å²) in [5.41, 5.74) is 0.868. The molecule has 4 aromatic heterocycles. The van der Waals surface area contributed by atoms with Crippen molar-refractivity contribution in [1.29, 1.82) is 0 Å². The van der Waals surface area contributed by atoms with E-state index in [0.717, 1.165) is 4.88 Å². The third-order valence-corrected chi connectivity index (χ3v) is 5.70. The standard InChI is InChI=1S/C17H11FN8S2/c18-13-6-2-1-5-12(13)16-20-19-14-7-8-15(22-26(14)16)28-17-21-23-24-25(17)10-11-4-3-9-27-11/h1-9H,10H2. The monoisotopic (exact) mass is 410 g/mol. The van der Waals surface area contributed by atoms with Gasteiger partial charge in [-0.25, -0.2) is 9.07 Å². The van der Waals surface area contributed by atoms with Crippen LogP contribution in [0.1, 0.15) is 4.88 Å². The summed E-state index contributed by atoms with van der Waals surface area (Å²) in [6.07, 6.45) is 0. The molecule has 0 spiro atoms. The molecule has 0 N–H and O–H groups in total. The van der Waals surface area contributed by atoms with Gasteiger partial charge in [0.25, 0.3) is 0 Å². The first kappa shape index (κ1) is 17.0. The Kier molecular flexibility index (Phi) is 4.29. The lowest BCUT2D eigenvalue weighted by molar-refractivity contribution is 0.608. The van der Waals surface area contributed by atoms with Gasteiger partial charge < -0.3 is 0 Å². The Labute approximate surface area is 166 Å². The minimum Gasteiger partial charge on any atom is -0.215 e. The van der Waals surface area contributed by atoms with Gasteiger partial charge >= 0.3 is 0 Å². The largest absolute Gasteiger partial charge is 0.216 e. The van der Waals surface area contributed by atoms with Crippen LogP contribution >= 0.6 is 23.1 Å². The number of rotatable bonds is 5. The van der Waals surface area contributed by atoms with Crippen LogP contribution in [0.3, 0.4) is 0 Å². The Hall–Kier alpha value is -3.18. The summed E-state index contributed by atoms with van der Waals surface area (Å²) in [6.45, 7) is 0.586. The summed E-state index contributed by atoms with van der Waals surface area (Å²) < 4.78 is 17.4. The molecule has 28 heavy (non-hydrogen) atoms. The van der Waals surface area contributed by atoms with Gasteiger partial charge in [0.2, 0.25) is 5.16 Å². The van der Waals surface area contributed by atoms with Crippen LogP contribution in [-0.4, -0.2) is 40.0 Å². The quantitative estimate of drug-likeness (QED) is 0.440. The molecule has 0 aliphatic rings. The Balaban J connectivity index is 1.49. The first-order valence-electron chi connectivity index (χ1n) is 8.22. The number of thiophene rings is 1. The van der Waals surface area contributed by atoms with Crippen molar-refractivity contribution in [2.45, 2.75) is 16.7 Å². The fraction of sp³-hybridized carbons (Fsp3) is 0.0588. The van der Waals surface area contributed by atoms with Gasteiger partial charge in [0.1, 0.15) is 10.8 Å². The molecule has 5 rings (SSSR count). The highest BCUT2D eigenvalue weighted by Gasteiger charge is 2.15. The first-order valence-corrected chi connectivity index (χ1v) is 9.91. The molecule has 5 aromatic rings. The van der Waals surface area contributed by atoms with Crippen LogP contribution in [0.5, 0.6) is 0 Å². The predicted molar refractivity (Wildman–Crippen MR) is 102 cm³/mol. The normalized spacial score (nSPS) is 11.3. The fourth-order valence-corrected chi connectivity index (χ4v) is 4.06. The average molecular weight is 410 g/mol. The maximum Gasteiger partial charge on any atom is 0.216 e. The van der Waals surface area contributed by atoms with Crippen molar-refractivity contribution >= 4 is 28.7 Å². The van der Waals surface area contributed by atoms with Crippen LogP contribution in [0.4, 0.5) is 4.39 Å². The van der Waals surface area contributed by atoms with Crippen LogP contribution in [0.2, 0.25) is 0 Å². The first-order chi connectivity index (χ1) is 13.8. The molecule has 0 fully saturated rings. The van der Waals surface area contributed by atoms with Gasteiger partial charge in [-0.1, -0.05) is 18.2 Å². The number of hydrogen-bond acceptors (Lipinski definition) is 8. The maximum atomic E-state index is 14.2. The minimum absolute atomic E-state index is 0.340. The van der Waals surface area contributed by atoms with E-state index in [1.807, 2.05) is 23.6 Å². The van der Waals surface area contributed by atoms with Gasteiger partial charge in [-0.05, 0) is 57.9 Å². The van der Waals surface area contributed by atoms with Crippen molar-refractivity contribution < 1.29 is 4.39 Å². The molecule has 8 nitrogen and oxygen atoms in total. The molecule has 0 saturated heterocycles. The van der Waals surface area contributed by atoms with E-state index < -0.39 is 0 Å². The second-order valence-electron chi connectivity index (χ2n) is 5.75. The van der Waals surface area contributed by atoms with Crippen LogP contribution < -0.4 is 0 Å². The van der Waals surface area contributed by atoms with E-state index in [1.165, 1.54) is 22.3 Å². The van der Waals surface area contributed by atoms with E-state index in [4.69, 9.17) is 0 Å². The summed E-state index contributed by atoms with van der Waals surface area (Å²) in [5, 5.41) is 27.9. The lowest BCUT2D eigenvalue weighted by atomic mass is 10.2. The molecule has 0 atom stereocenters. The molecule has 1 aromatic carbocycles. The van der Waals surface area contributed by atoms with Crippen molar-refractivity contribution in [3.05, 3.63) is 64.6 Å². The van der Waals surface area contributed by atoms with E-state index in [0.29, 0.717) is 33.8 Å². The van der Waals surface area contributed by atoms with Crippen LogP contribution in [0, 0.1) is 5.82 Å². The van der Waals surface area contributed by atoms with Crippen molar-refractivity contribution in [2.75, 3.05) is 0 Å². The summed E-state index contributed by atoms with van der Waals surface area (Å²) in [4.78, 5) is 1.15. The van der Waals surface area contributed by atoms with Crippen molar-refractivity contribution in [1.82, 2.24) is 40.0 Å². The van der Waals surface area contributed by atoms with Gasteiger partial charge in [-0.15, -0.1) is 26.6 Å². The SMILES string of the molecule is Fc1ccccc1-c1nnc2ccc(Sc3nnnn3Cc3cccs3)nn12. The molecule has 0 amide bonds. The van der Waals surface area contributed by atoms with E-state index in [1.54, 1.807) is 40.3 Å². The number of aromatic nitrogens is 8. The third kappa shape index (κ3) is 3.14. The lowest BCUT2D eigenvalue weighted by Gasteiger charge is -2.04. The number of fused-ring (bicyclic) bond motifs is 1. The Bertz CT molecular complexity index is 1250. The van der Waals surface area contributed by atoms with Crippen molar-refractivity contribution in [2.24, 2.45) is 0 Å². The van der Waals surface area contributed by atoms with E-state index >= 15 is 0 Å². The van der Waals surface area contributed by atoms with Crippen LogP contribution in [-0.2, 0) is 6.54 Å². The Morgan fingerprint density at radius 2 is 1.93 bits per heavy atom. The molecule has 138 valence electrons. The van der Waals surface area contributed by atoms with Gasteiger partial charge in [0.05, 0.1) is 12.1 Å². The zero-order valence-electron chi connectivity index (χ0n) is 14.2. The molecule has 0 bridgehead atoms. The molecule has 0 aliphatic carbocycles. The summed E-state index contributed by atoms with van der Waals surface area (Å²) in [6, 6.07) is 14.0. The van der Waals surface area contributed by atoms with Gasteiger partial charge in [-0.3, -0.25) is 0 Å². The third-order valence-electron chi connectivity index (χ3n) is 3.93. The lowest BCUT2D eigenvalue weighted by Crippen LogP contribution is -2.03. The predicted octanol–water partition coefficient (Wildman–Crippen LogP) is 3.18. The van der Waals surface area contributed by atoms with Crippen LogP contribution in [0.25, 0.3) is 17.0 Å².